The van der Waals surface area contributed by atoms with Crippen LogP contribution in [-0.4, -0.2) is 25.4 Å². The fourth-order valence-corrected chi connectivity index (χ4v) is 2.44. The van der Waals surface area contributed by atoms with Crippen LogP contribution in [0.4, 0.5) is 0 Å². The zero-order valence-electron chi connectivity index (χ0n) is 11.9. The normalized spacial score (nSPS) is 24.2. The van der Waals surface area contributed by atoms with Crippen molar-refractivity contribution in [2.75, 3.05) is 7.11 Å². The summed E-state index contributed by atoms with van der Waals surface area (Å²) in [7, 11) is 1.66. The second-order valence-electron chi connectivity index (χ2n) is 5.14. The van der Waals surface area contributed by atoms with E-state index in [1.165, 1.54) is 0 Å². The van der Waals surface area contributed by atoms with E-state index in [0.717, 1.165) is 23.7 Å². The van der Waals surface area contributed by atoms with Crippen LogP contribution in [0.5, 0.6) is 17.2 Å². The Hall–Kier alpha value is -2.04. The summed E-state index contributed by atoms with van der Waals surface area (Å²) in [5.74, 6) is 2.40. The van der Waals surface area contributed by atoms with Crippen LogP contribution in [-0.2, 0) is 4.74 Å². The number of hydrogen-bond acceptors (Lipinski definition) is 4. The third kappa shape index (κ3) is 3.17. The van der Waals surface area contributed by atoms with E-state index >= 15 is 0 Å². The number of methoxy groups -OCH3 is 1. The molecule has 0 aromatic heterocycles. The Labute approximate surface area is 124 Å². The third-order valence-corrected chi connectivity index (χ3v) is 3.66. The predicted molar refractivity (Wildman–Crippen MR) is 80.8 cm³/mol. The Morgan fingerprint density at radius 3 is 2.14 bits per heavy atom. The highest BCUT2D eigenvalue weighted by Gasteiger charge is 2.40. The molecule has 1 aliphatic carbocycles. The van der Waals surface area contributed by atoms with Crippen molar-refractivity contribution in [3.8, 4) is 17.2 Å². The van der Waals surface area contributed by atoms with E-state index in [-0.39, 0.29) is 18.2 Å². The van der Waals surface area contributed by atoms with Gasteiger partial charge < -0.3 is 19.9 Å². The molecule has 0 aliphatic heterocycles. The monoisotopic (exact) mass is 285 g/mol. The first-order valence-corrected chi connectivity index (χ1v) is 7.04. The summed E-state index contributed by atoms with van der Waals surface area (Å²) in [5.41, 5.74) is 5.86. The Morgan fingerprint density at radius 2 is 1.52 bits per heavy atom. The minimum absolute atomic E-state index is 0.0229. The van der Waals surface area contributed by atoms with Crippen LogP contribution in [0, 0.1) is 0 Å². The Bertz CT molecular complexity index is 570. The fourth-order valence-electron chi connectivity index (χ4n) is 2.44. The second-order valence-corrected chi connectivity index (χ2v) is 5.14. The van der Waals surface area contributed by atoms with Crippen molar-refractivity contribution in [1.29, 1.82) is 0 Å². The van der Waals surface area contributed by atoms with E-state index < -0.39 is 0 Å². The van der Waals surface area contributed by atoms with Gasteiger partial charge in [0, 0.05) is 19.6 Å². The van der Waals surface area contributed by atoms with Gasteiger partial charge in [0.15, 0.2) is 0 Å². The maximum atomic E-state index is 5.87. The van der Waals surface area contributed by atoms with Gasteiger partial charge in [0.25, 0.3) is 0 Å². The molecular weight excluding hydrogens is 266 g/mol. The zero-order chi connectivity index (χ0) is 14.7. The van der Waals surface area contributed by atoms with E-state index in [9.17, 15) is 0 Å². The second kappa shape index (κ2) is 6.16. The lowest BCUT2D eigenvalue weighted by Gasteiger charge is -2.40. The van der Waals surface area contributed by atoms with Crippen molar-refractivity contribution < 1.29 is 14.2 Å². The molecule has 0 amide bonds. The lowest BCUT2D eigenvalue weighted by molar-refractivity contribution is -0.0782. The molecule has 0 heterocycles. The van der Waals surface area contributed by atoms with Gasteiger partial charge in [0.2, 0.25) is 0 Å². The Balaban J connectivity index is 1.60. The highest BCUT2D eigenvalue weighted by atomic mass is 16.5. The smallest absolute Gasteiger partial charge is 0.128 e. The van der Waals surface area contributed by atoms with Gasteiger partial charge in [-0.05, 0) is 36.4 Å². The first-order chi connectivity index (χ1) is 10.3. The van der Waals surface area contributed by atoms with E-state index in [0.29, 0.717) is 0 Å². The maximum absolute atomic E-state index is 5.87. The topological polar surface area (TPSA) is 53.7 Å². The lowest BCUT2D eigenvalue weighted by Crippen LogP contribution is -2.59. The average molecular weight is 285 g/mol. The van der Waals surface area contributed by atoms with Crippen LogP contribution in [0.2, 0.25) is 0 Å². The number of ether oxygens (including phenoxy) is 3. The molecule has 2 aromatic rings. The first kappa shape index (κ1) is 13.9. The fraction of sp³-hybridized carbons (Fsp3) is 0.294. The highest BCUT2D eigenvalue weighted by Crippen LogP contribution is 2.29. The molecule has 1 saturated carbocycles. The number of para-hydroxylation sites is 1. The summed E-state index contributed by atoms with van der Waals surface area (Å²) >= 11 is 0. The van der Waals surface area contributed by atoms with Gasteiger partial charge >= 0.3 is 0 Å². The van der Waals surface area contributed by atoms with E-state index in [1.807, 2.05) is 54.6 Å². The van der Waals surface area contributed by atoms with E-state index in [1.54, 1.807) is 7.11 Å². The largest absolute Gasteiger partial charge is 0.488 e. The summed E-state index contributed by atoms with van der Waals surface area (Å²) in [6.45, 7) is 0. The molecule has 0 bridgehead atoms. The lowest BCUT2D eigenvalue weighted by atomic mass is 9.86. The Kier molecular flexibility index (Phi) is 4.08. The van der Waals surface area contributed by atoms with Gasteiger partial charge in [0.05, 0.1) is 0 Å². The molecule has 1 fully saturated rings. The van der Waals surface area contributed by atoms with Crippen LogP contribution >= 0.6 is 0 Å². The molecule has 110 valence electrons. The zero-order valence-corrected chi connectivity index (χ0v) is 11.9. The number of nitrogens with two attached hydrogens (primary N) is 1. The number of hydrogen-bond donors (Lipinski definition) is 1. The van der Waals surface area contributed by atoms with E-state index in [2.05, 4.69) is 0 Å². The summed E-state index contributed by atoms with van der Waals surface area (Å²) in [6.07, 6.45) is 0.831. The number of rotatable bonds is 5. The summed E-state index contributed by atoms with van der Waals surface area (Å²) in [6, 6.07) is 17.3. The molecule has 21 heavy (non-hydrogen) atoms. The molecule has 0 radical (unpaired) electrons. The van der Waals surface area contributed by atoms with Gasteiger partial charge in [-0.2, -0.15) is 0 Å². The third-order valence-electron chi connectivity index (χ3n) is 3.66. The van der Waals surface area contributed by atoms with Crippen LogP contribution in [0.25, 0.3) is 0 Å². The average Bonchev–Trinajstić information content (AvgIpc) is 2.50. The van der Waals surface area contributed by atoms with Crippen LogP contribution in [0.1, 0.15) is 6.42 Å². The SMILES string of the molecule is COC1C(N)CC1Oc1ccc(Oc2ccccc2)cc1. The minimum Gasteiger partial charge on any atom is -0.488 e. The molecule has 0 spiro atoms. The summed E-state index contributed by atoms with van der Waals surface area (Å²) < 4.78 is 16.9. The molecule has 4 heteroatoms. The first-order valence-electron chi connectivity index (χ1n) is 7.04. The van der Waals surface area contributed by atoms with Gasteiger partial charge in [0.1, 0.15) is 29.5 Å². The van der Waals surface area contributed by atoms with Crippen molar-refractivity contribution in [2.24, 2.45) is 5.73 Å². The van der Waals surface area contributed by atoms with Crippen molar-refractivity contribution >= 4 is 0 Å². The molecule has 4 nitrogen and oxygen atoms in total. The summed E-state index contributed by atoms with van der Waals surface area (Å²) in [4.78, 5) is 0. The molecule has 3 rings (SSSR count). The Morgan fingerprint density at radius 1 is 0.905 bits per heavy atom. The molecule has 2 N–H and O–H groups in total. The number of benzene rings is 2. The van der Waals surface area contributed by atoms with Crippen molar-refractivity contribution in [1.82, 2.24) is 0 Å². The predicted octanol–water partition coefficient (Wildman–Crippen LogP) is 2.97. The maximum Gasteiger partial charge on any atom is 0.128 e. The molecule has 3 atom stereocenters. The van der Waals surface area contributed by atoms with Gasteiger partial charge in [-0.15, -0.1) is 0 Å². The van der Waals surface area contributed by atoms with Gasteiger partial charge in [-0.25, -0.2) is 0 Å². The van der Waals surface area contributed by atoms with Crippen LogP contribution in [0.15, 0.2) is 54.6 Å². The molecular formula is C17H19NO3. The standard InChI is InChI=1S/C17H19NO3/c1-19-17-15(18)11-16(17)21-14-9-7-13(8-10-14)20-12-5-3-2-4-6-12/h2-10,15-17H,11,18H2,1H3. The minimum atomic E-state index is -0.0229. The molecule has 1 aliphatic rings. The van der Waals surface area contributed by atoms with Crippen LogP contribution < -0.4 is 15.2 Å². The highest BCUT2D eigenvalue weighted by molar-refractivity contribution is 5.35. The molecule has 0 saturated heterocycles. The molecule has 2 aromatic carbocycles. The van der Waals surface area contributed by atoms with Gasteiger partial charge in [-0.1, -0.05) is 18.2 Å². The van der Waals surface area contributed by atoms with E-state index in [4.69, 9.17) is 19.9 Å². The van der Waals surface area contributed by atoms with Gasteiger partial charge in [-0.3, -0.25) is 0 Å². The van der Waals surface area contributed by atoms with Crippen molar-refractivity contribution in [3.05, 3.63) is 54.6 Å². The molecule has 3 unspecified atom stereocenters. The quantitative estimate of drug-likeness (QED) is 0.917. The van der Waals surface area contributed by atoms with Crippen molar-refractivity contribution in [2.45, 2.75) is 24.7 Å². The summed E-state index contributed by atoms with van der Waals surface area (Å²) in [5, 5.41) is 0. The van der Waals surface area contributed by atoms with Crippen molar-refractivity contribution in [3.63, 3.8) is 0 Å². The van der Waals surface area contributed by atoms with Crippen LogP contribution in [0.3, 0.4) is 0 Å².